The van der Waals surface area contributed by atoms with E-state index in [2.05, 4.69) is 58.3 Å². The van der Waals surface area contributed by atoms with Crippen molar-refractivity contribution in [1.82, 2.24) is 30.1 Å². The molecule has 2 aromatic rings. The Morgan fingerprint density at radius 3 is 2.80 bits per heavy atom. The number of morpholine rings is 1. The molecule has 1 spiro atoms. The molecule has 2 unspecified atom stereocenters. The zero-order valence-electron chi connectivity index (χ0n) is 25.2. The number of aliphatic hydroxyl groups is 1. The number of carbonyl (C=O) groups is 1. The van der Waals surface area contributed by atoms with Crippen LogP contribution < -0.4 is 5.32 Å². The third-order valence-corrected chi connectivity index (χ3v) is 8.96. The molecular formula is C31H48N6O4. The lowest BCUT2D eigenvalue weighted by atomic mass is 9.85. The van der Waals surface area contributed by atoms with Gasteiger partial charge in [0.1, 0.15) is 6.23 Å². The third-order valence-electron chi connectivity index (χ3n) is 8.96. The van der Waals surface area contributed by atoms with E-state index in [9.17, 15) is 9.90 Å². The van der Waals surface area contributed by atoms with Crippen LogP contribution in [0.25, 0.3) is 5.69 Å². The van der Waals surface area contributed by atoms with E-state index in [1.807, 2.05) is 16.8 Å². The summed E-state index contributed by atoms with van der Waals surface area (Å²) in [6.45, 7) is 12.2. The number of hydrogen-bond donors (Lipinski definition) is 2. The number of nitrogens with one attached hydrogen (secondary N) is 1. The number of rotatable bonds is 12. The van der Waals surface area contributed by atoms with Gasteiger partial charge in [-0.25, -0.2) is 4.68 Å². The minimum atomic E-state index is -0.494. The smallest absolute Gasteiger partial charge is 0.276 e. The summed E-state index contributed by atoms with van der Waals surface area (Å²) in [5.74, 6) is 0.415. The van der Waals surface area contributed by atoms with Crippen LogP contribution in [0.4, 0.5) is 0 Å². The second kappa shape index (κ2) is 13.3. The average molecular weight is 569 g/mol. The van der Waals surface area contributed by atoms with Gasteiger partial charge in [-0.3, -0.25) is 9.69 Å². The molecule has 2 N–H and O–H groups in total. The molecule has 0 bridgehead atoms. The number of amides is 1. The van der Waals surface area contributed by atoms with E-state index < -0.39 is 6.23 Å². The van der Waals surface area contributed by atoms with Crippen molar-refractivity contribution in [3.63, 3.8) is 0 Å². The molecular weight excluding hydrogens is 520 g/mol. The number of carbonyl (C=O) groups excluding carboxylic acids is 1. The molecule has 3 heterocycles. The lowest BCUT2D eigenvalue weighted by molar-refractivity contribution is -0.0946. The van der Waals surface area contributed by atoms with Crippen LogP contribution in [0, 0.1) is 24.2 Å². The fourth-order valence-corrected chi connectivity index (χ4v) is 6.78. The van der Waals surface area contributed by atoms with Gasteiger partial charge in [0.2, 0.25) is 0 Å². The zero-order chi connectivity index (χ0) is 29.0. The van der Waals surface area contributed by atoms with Crippen molar-refractivity contribution >= 4 is 5.91 Å². The summed E-state index contributed by atoms with van der Waals surface area (Å²) in [5, 5.41) is 23.9. The molecule has 10 heteroatoms. The summed E-state index contributed by atoms with van der Waals surface area (Å²) in [7, 11) is 1.72. The quantitative estimate of drug-likeness (QED) is 0.377. The van der Waals surface area contributed by atoms with Gasteiger partial charge >= 0.3 is 0 Å². The van der Waals surface area contributed by atoms with E-state index in [1.54, 1.807) is 7.11 Å². The fraction of sp³-hybridized carbons (Fsp3) is 0.710. The van der Waals surface area contributed by atoms with Gasteiger partial charge in [0, 0.05) is 63.8 Å². The lowest BCUT2D eigenvalue weighted by Crippen LogP contribution is -2.53. The first-order chi connectivity index (χ1) is 19.8. The Kier molecular flexibility index (Phi) is 9.76. The molecule has 3 aliphatic rings. The van der Waals surface area contributed by atoms with Gasteiger partial charge < -0.3 is 24.8 Å². The highest BCUT2D eigenvalue weighted by molar-refractivity contribution is 5.94. The lowest BCUT2D eigenvalue weighted by Gasteiger charge is -2.40. The highest BCUT2D eigenvalue weighted by Gasteiger charge is 2.60. The molecule has 1 amide bonds. The van der Waals surface area contributed by atoms with Crippen molar-refractivity contribution in [2.45, 2.75) is 65.1 Å². The summed E-state index contributed by atoms with van der Waals surface area (Å²) in [6, 6.07) is 8.29. The van der Waals surface area contributed by atoms with Crippen LogP contribution in [0.3, 0.4) is 0 Å². The Hall–Kier alpha value is -2.37. The molecule has 0 radical (unpaired) electrons. The van der Waals surface area contributed by atoms with Crippen LogP contribution >= 0.6 is 0 Å². The van der Waals surface area contributed by atoms with Gasteiger partial charge in [-0.15, -0.1) is 5.10 Å². The van der Waals surface area contributed by atoms with Crippen LogP contribution in [0.1, 0.15) is 61.3 Å². The maximum Gasteiger partial charge on any atom is 0.276 e. The molecule has 1 saturated carbocycles. The van der Waals surface area contributed by atoms with E-state index in [-0.39, 0.29) is 23.3 Å². The Labute approximate surface area is 244 Å². The van der Waals surface area contributed by atoms with E-state index in [4.69, 9.17) is 9.47 Å². The highest BCUT2D eigenvalue weighted by Crippen LogP contribution is 2.55. The predicted octanol–water partition coefficient (Wildman–Crippen LogP) is 2.66. The number of aliphatic hydroxyl groups excluding tert-OH is 1. The number of nitrogens with zero attached hydrogens (tertiary/aromatic N) is 5. The Morgan fingerprint density at radius 1 is 1.27 bits per heavy atom. The molecule has 41 heavy (non-hydrogen) atoms. The predicted molar refractivity (Wildman–Crippen MR) is 157 cm³/mol. The van der Waals surface area contributed by atoms with Crippen molar-refractivity contribution in [2.75, 3.05) is 59.7 Å². The monoisotopic (exact) mass is 568 g/mol. The Bertz CT molecular complexity index is 1170. The normalized spacial score (nSPS) is 25.5. The van der Waals surface area contributed by atoms with Gasteiger partial charge in [0.15, 0.2) is 5.69 Å². The molecule has 3 fully saturated rings. The number of ether oxygens (including phenoxy) is 2. The fourth-order valence-electron chi connectivity index (χ4n) is 6.78. The van der Waals surface area contributed by atoms with Gasteiger partial charge in [-0.1, -0.05) is 31.2 Å². The minimum absolute atomic E-state index is 0.0219. The Balaban J connectivity index is 1.38. The van der Waals surface area contributed by atoms with Gasteiger partial charge in [0.05, 0.1) is 24.6 Å². The second-order valence-corrected chi connectivity index (χ2v) is 12.7. The number of aryl methyl sites for hydroxylation is 1. The van der Waals surface area contributed by atoms with E-state index in [0.717, 1.165) is 68.8 Å². The first-order valence-corrected chi connectivity index (χ1v) is 15.3. The third kappa shape index (κ3) is 6.83. The second-order valence-electron chi connectivity index (χ2n) is 12.7. The van der Waals surface area contributed by atoms with Crippen LogP contribution in [0.15, 0.2) is 24.3 Å². The van der Waals surface area contributed by atoms with Crippen LogP contribution in [0.2, 0.25) is 0 Å². The maximum atomic E-state index is 14.4. The molecule has 1 aromatic heterocycles. The number of unbranched alkanes of at least 4 members (excludes halogenated alkanes) is 1. The number of piperidine rings is 1. The SMILES string of the molecule is COCCCCc1c(C(=O)N(CC(C)C)C2C[C@]23CNC[C@H](C(O)N2CCOCC2)C3)nnn1-c1cccc(C)c1. The van der Waals surface area contributed by atoms with Gasteiger partial charge in [-0.2, -0.15) is 0 Å². The molecule has 4 atom stereocenters. The summed E-state index contributed by atoms with van der Waals surface area (Å²) >= 11 is 0. The summed E-state index contributed by atoms with van der Waals surface area (Å²) in [6.07, 6.45) is 3.85. The maximum absolute atomic E-state index is 14.4. The molecule has 226 valence electrons. The van der Waals surface area contributed by atoms with E-state index >= 15 is 0 Å². The average Bonchev–Trinajstić information content (AvgIpc) is 3.47. The molecule has 1 aromatic carbocycles. The highest BCUT2D eigenvalue weighted by atomic mass is 16.5. The number of hydrogen-bond acceptors (Lipinski definition) is 8. The summed E-state index contributed by atoms with van der Waals surface area (Å²) in [4.78, 5) is 18.6. The largest absolute Gasteiger partial charge is 0.385 e. The molecule has 10 nitrogen and oxygen atoms in total. The molecule has 1 aliphatic carbocycles. The van der Waals surface area contributed by atoms with E-state index in [1.165, 1.54) is 0 Å². The number of methoxy groups -OCH3 is 1. The van der Waals surface area contributed by atoms with Crippen molar-refractivity contribution < 1.29 is 19.4 Å². The number of aromatic nitrogens is 3. The standard InChI is InChI=1S/C31H48N6O4/c1-22(2)20-36(27-18-31(27)17-24(19-32-21-31)29(38)35-11-14-41-15-12-35)30(39)28-26(10-5-6-13-40-4)37(34-33-28)25-9-7-8-23(3)16-25/h7-9,16,22,24,27,29,32,38H,5-6,10-15,17-21H2,1-4H3/t24-,27?,29?,31-/m1/s1. The van der Waals surface area contributed by atoms with Crippen molar-refractivity contribution in [3.05, 3.63) is 41.2 Å². The molecule has 5 rings (SSSR count). The molecule has 2 saturated heterocycles. The summed E-state index contributed by atoms with van der Waals surface area (Å²) in [5.41, 5.74) is 3.36. The van der Waals surface area contributed by atoms with Crippen molar-refractivity contribution in [2.24, 2.45) is 17.3 Å². The van der Waals surface area contributed by atoms with E-state index in [0.29, 0.717) is 44.4 Å². The topological polar surface area (TPSA) is 105 Å². The van der Waals surface area contributed by atoms with Crippen LogP contribution in [-0.4, -0.2) is 108 Å². The zero-order valence-corrected chi connectivity index (χ0v) is 25.2. The summed E-state index contributed by atoms with van der Waals surface area (Å²) < 4.78 is 12.6. The van der Waals surface area contributed by atoms with Crippen LogP contribution in [-0.2, 0) is 15.9 Å². The van der Waals surface area contributed by atoms with Crippen molar-refractivity contribution in [1.29, 1.82) is 0 Å². The van der Waals surface area contributed by atoms with Crippen LogP contribution in [0.5, 0.6) is 0 Å². The van der Waals surface area contributed by atoms with Gasteiger partial charge in [-0.05, 0) is 62.6 Å². The first kappa shape index (κ1) is 30.1. The van der Waals surface area contributed by atoms with Crippen molar-refractivity contribution in [3.8, 4) is 5.69 Å². The number of benzene rings is 1. The molecule has 2 aliphatic heterocycles. The minimum Gasteiger partial charge on any atom is -0.385 e. The first-order valence-electron chi connectivity index (χ1n) is 15.3. The Morgan fingerprint density at radius 2 is 2.07 bits per heavy atom. The van der Waals surface area contributed by atoms with Gasteiger partial charge in [0.25, 0.3) is 5.91 Å².